The summed E-state index contributed by atoms with van der Waals surface area (Å²) in [5, 5.41) is 8.91. The summed E-state index contributed by atoms with van der Waals surface area (Å²) in [6, 6.07) is 14.8. The van der Waals surface area contributed by atoms with Crippen LogP contribution in [-0.4, -0.2) is 17.9 Å². The Bertz CT molecular complexity index is 696. The lowest BCUT2D eigenvalue weighted by atomic mass is 10.0. The number of amides is 1. The number of rotatable bonds is 3. The Morgan fingerprint density at radius 2 is 2.00 bits per heavy atom. The van der Waals surface area contributed by atoms with E-state index in [1.165, 1.54) is 0 Å². The van der Waals surface area contributed by atoms with E-state index in [0.29, 0.717) is 23.4 Å². The number of benzene rings is 2. The molecule has 0 atom stereocenters. The first-order valence-corrected chi connectivity index (χ1v) is 6.62. The maximum atomic E-state index is 12.5. The third kappa shape index (κ3) is 3.21. The summed E-state index contributed by atoms with van der Waals surface area (Å²) in [7, 11) is 1.73. The van der Waals surface area contributed by atoms with E-state index in [0.717, 1.165) is 11.1 Å². The highest BCUT2D eigenvalue weighted by Gasteiger charge is 2.17. The molecule has 106 valence electrons. The molecule has 4 heteroatoms. The number of nitrogens with zero attached hydrogens (tertiary/aromatic N) is 2. The van der Waals surface area contributed by atoms with E-state index in [2.05, 4.69) is 6.07 Å². The minimum atomic E-state index is -0.118. The van der Waals surface area contributed by atoms with Crippen LogP contribution in [0.1, 0.15) is 27.0 Å². The van der Waals surface area contributed by atoms with Crippen LogP contribution in [0.2, 0.25) is 0 Å². The summed E-state index contributed by atoms with van der Waals surface area (Å²) < 4.78 is 0. The minimum absolute atomic E-state index is 0.118. The van der Waals surface area contributed by atoms with Crippen molar-refractivity contribution in [2.24, 2.45) is 0 Å². The average molecular weight is 279 g/mol. The molecule has 0 aromatic heterocycles. The van der Waals surface area contributed by atoms with Crippen molar-refractivity contribution in [3.63, 3.8) is 0 Å². The van der Waals surface area contributed by atoms with Gasteiger partial charge in [0.1, 0.15) is 0 Å². The number of nitrogen functional groups attached to an aromatic ring is 1. The van der Waals surface area contributed by atoms with Gasteiger partial charge in [0.15, 0.2) is 0 Å². The van der Waals surface area contributed by atoms with Gasteiger partial charge >= 0.3 is 0 Å². The molecule has 0 fully saturated rings. The molecule has 21 heavy (non-hydrogen) atoms. The van der Waals surface area contributed by atoms with Crippen molar-refractivity contribution in [3.8, 4) is 6.07 Å². The molecule has 0 aliphatic carbocycles. The Hall–Kier alpha value is -2.80. The lowest BCUT2D eigenvalue weighted by Gasteiger charge is -2.19. The van der Waals surface area contributed by atoms with Crippen molar-refractivity contribution in [1.29, 1.82) is 5.26 Å². The summed E-state index contributed by atoms with van der Waals surface area (Å²) >= 11 is 0. The zero-order valence-electron chi connectivity index (χ0n) is 12.1. The lowest BCUT2D eigenvalue weighted by Crippen LogP contribution is -2.27. The molecule has 0 unspecified atom stereocenters. The minimum Gasteiger partial charge on any atom is -0.398 e. The number of carbonyl (C=O) groups is 1. The monoisotopic (exact) mass is 279 g/mol. The molecule has 4 nitrogen and oxygen atoms in total. The molecule has 2 rings (SSSR count). The highest BCUT2D eigenvalue weighted by Crippen LogP contribution is 2.19. The summed E-state index contributed by atoms with van der Waals surface area (Å²) in [6.07, 6.45) is 0. The number of nitriles is 1. The number of hydrogen-bond donors (Lipinski definition) is 1. The Balaban J connectivity index is 2.22. The number of anilines is 1. The maximum absolute atomic E-state index is 12.5. The molecule has 2 aromatic rings. The first-order valence-electron chi connectivity index (χ1n) is 6.62. The second kappa shape index (κ2) is 6.10. The fraction of sp³-hybridized carbons (Fsp3) is 0.176. The van der Waals surface area contributed by atoms with Gasteiger partial charge in [0.05, 0.1) is 17.2 Å². The fourth-order valence-electron chi connectivity index (χ4n) is 2.26. The summed E-state index contributed by atoms with van der Waals surface area (Å²) in [4.78, 5) is 14.1. The Morgan fingerprint density at radius 1 is 1.29 bits per heavy atom. The molecule has 0 bridgehead atoms. The number of hydrogen-bond acceptors (Lipinski definition) is 3. The molecular weight excluding hydrogens is 262 g/mol. The predicted molar refractivity (Wildman–Crippen MR) is 82.5 cm³/mol. The second-order valence-corrected chi connectivity index (χ2v) is 5.01. The van der Waals surface area contributed by atoms with Crippen LogP contribution in [0.15, 0.2) is 42.5 Å². The molecule has 0 aliphatic rings. The van der Waals surface area contributed by atoms with E-state index >= 15 is 0 Å². The normalized spacial score (nSPS) is 9.95. The van der Waals surface area contributed by atoms with Crippen LogP contribution < -0.4 is 5.73 Å². The van der Waals surface area contributed by atoms with E-state index in [4.69, 9.17) is 11.0 Å². The van der Waals surface area contributed by atoms with Crippen molar-refractivity contribution in [1.82, 2.24) is 4.90 Å². The van der Waals surface area contributed by atoms with Crippen LogP contribution in [0.5, 0.6) is 0 Å². The highest BCUT2D eigenvalue weighted by atomic mass is 16.2. The van der Waals surface area contributed by atoms with Gasteiger partial charge in [-0.2, -0.15) is 5.26 Å². The molecule has 2 N–H and O–H groups in total. The van der Waals surface area contributed by atoms with Crippen LogP contribution >= 0.6 is 0 Å². The smallest absolute Gasteiger partial charge is 0.256 e. The van der Waals surface area contributed by atoms with Gasteiger partial charge < -0.3 is 10.6 Å². The van der Waals surface area contributed by atoms with Gasteiger partial charge in [-0.05, 0) is 36.2 Å². The number of nitrogens with two attached hydrogens (primary N) is 1. The Labute approximate surface area is 124 Å². The van der Waals surface area contributed by atoms with Crippen molar-refractivity contribution >= 4 is 11.6 Å². The predicted octanol–water partition coefficient (Wildman–Crippen LogP) is 2.72. The van der Waals surface area contributed by atoms with Gasteiger partial charge in [-0.15, -0.1) is 0 Å². The van der Waals surface area contributed by atoms with Gasteiger partial charge in [-0.3, -0.25) is 4.79 Å². The first kappa shape index (κ1) is 14.6. The molecule has 0 radical (unpaired) electrons. The van der Waals surface area contributed by atoms with Crippen molar-refractivity contribution in [2.75, 3.05) is 12.8 Å². The number of aryl methyl sites for hydroxylation is 1. The van der Waals surface area contributed by atoms with E-state index in [1.807, 2.05) is 31.2 Å². The molecule has 0 saturated heterocycles. The van der Waals surface area contributed by atoms with Gasteiger partial charge in [0.25, 0.3) is 5.91 Å². The molecule has 0 saturated carbocycles. The molecular formula is C17H17N3O. The average Bonchev–Trinajstić information content (AvgIpc) is 2.47. The quantitative estimate of drug-likeness (QED) is 0.878. The highest BCUT2D eigenvalue weighted by molar-refractivity contribution is 6.00. The topological polar surface area (TPSA) is 70.1 Å². The summed E-state index contributed by atoms with van der Waals surface area (Å²) in [5.41, 5.74) is 9.29. The van der Waals surface area contributed by atoms with Crippen LogP contribution in [0.3, 0.4) is 0 Å². The van der Waals surface area contributed by atoms with E-state index in [9.17, 15) is 4.79 Å². The van der Waals surface area contributed by atoms with Gasteiger partial charge in [0.2, 0.25) is 0 Å². The van der Waals surface area contributed by atoms with Crippen LogP contribution in [0.4, 0.5) is 5.69 Å². The zero-order valence-corrected chi connectivity index (χ0v) is 12.1. The lowest BCUT2D eigenvalue weighted by molar-refractivity contribution is 0.0785. The van der Waals surface area contributed by atoms with Crippen LogP contribution in [0.25, 0.3) is 0 Å². The van der Waals surface area contributed by atoms with Gasteiger partial charge in [0, 0.05) is 19.3 Å². The molecule has 1 amide bonds. The third-order valence-electron chi connectivity index (χ3n) is 3.34. The van der Waals surface area contributed by atoms with Gasteiger partial charge in [-0.1, -0.05) is 24.3 Å². The Morgan fingerprint density at radius 3 is 2.67 bits per heavy atom. The zero-order chi connectivity index (χ0) is 15.4. The standard InChI is InChI=1S/C17H17N3O/c1-12-5-3-8-15(19)16(12)17(21)20(2)11-14-7-4-6-13(9-14)10-18/h3-9H,11,19H2,1-2H3. The second-order valence-electron chi connectivity index (χ2n) is 5.01. The van der Waals surface area contributed by atoms with Gasteiger partial charge in [-0.25, -0.2) is 0 Å². The molecule has 0 spiro atoms. The van der Waals surface area contributed by atoms with Crippen LogP contribution in [0, 0.1) is 18.3 Å². The fourth-order valence-corrected chi connectivity index (χ4v) is 2.26. The van der Waals surface area contributed by atoms with Crippen molar-refractivity contribution < 1.29 is 4.79 Å². The molecule has 0 aliphatic heterocycles. The molecule has 0 heterocycles. The third-order valence-corrected chi connectivity index (χ3v) is 3.34. The van der Waals surface area contributed by atoms with E-state index < -0.39 is 0 Å². The largest absolute Gasteiger partial charge is 0.398 e. The van der Waals surface area contributed by atoms with E-state index in [1.54, 1.807) is 30.1 Å². The van der Waals surface area contributed by atoms with Crippen molar-refractivity contribution in [2.45, 2.75) is 13.5 Å². The maximum Gasteiger partial charge on any atom is 0.256 e. The van der Waals surface area contributed by atoms with Crippen LogP contribution in [-0.2, 0) is 6.54 Å². The van der Waals surface area contributed by atoms with E-state index in [-0.39, 0.29) is 5.91 Å². The number of carbonyl (C=O) groups excluding carboxylic acids is 1. The molecule has 2 aromatic carbocycles. The Kier molecular flexibility index (Phi) is 4.24. The van der Waals surface area contributed by atoms with Crippen molar-refractivity contribution in [3.05, 3.63) is 64.7 Å². The summed E-state index contributed by atoms with van der Waals surface area (Å²) in [5.74, 6) is -0.118. The first-order chi connectivity index (χ1) is 10.0. The SMILES string of the molecule is Cc1cccc(N)c1C(=O)N(C)Cc1cccc(C#N)c1. The summed E-state index contributed by atoms with van der Waals surface area (Å²) in [6.45, 7) is 2.30.